The average Bonchev–Trinajstić information content (AvgIpc) is 3.23. The lowest BCUT2D eigenvalue weighted by Gasteiger charge is -2.35. The number of halogens is 3. The Hall–Kier alpha value is -3.07. The molecule has 5 rings (SSSR count). The van der Waals surface area contributed by atoms with Crippen LogP contribution in [-0.2, 0) is 16.2 Å². The van der Waals surface area contributed by atoms with Gasteiger partial charge in [-0.25, -0.2) is 18.4 Å². The van der Waals surface area contributed by atoms with Crippen LogP contribution in [0.4, 0.5) is 19.0 Å². The first-order valence-corrected chi connectivity index (χ1v) is 13.7. The van der Waals surface area contributed by atoms with E-state index in [9.17, 15) is 26.4 Å². The third kappa shape index (κ3) is 5.19. The predicted molar refractivity (Wildman–Crippen MR) is 135 cm³/mol. The first-order valence-electron chi connectivity index (χ1n) is 11.5. The first-order chi connectivity index (χ1) is 17.5. The maximum Gasteiger partial charge on any atom is 0.418 e. The number of piperazine rings is 1. The van der Waals surface area contributed by atoms with E-state index >= 15 is 0 Å². The Morgan fingerprint density at radius 1 is 1.14 bits per heavy atom. The minimum absolute atomic E-state index is 0.146. The van der Waals surface area contributed by atoms with Crippen LogP contribution in [0.5, 0.6) is 0 Å². The van der Waals surface area contributed by atoms with Crippen molar-refractivity contribution in [3.63, 3.8) is 0 Å². The average molecular weight is 553 g/mol. The monoisotopic (exact) mass is 552 g/mol. The van der Waals surface area contributed by atoms with Crippen LogP contribution in [0.25, 0.3) is 21.1 Å². The van der Waals surface area contributed by atoms with Crippen LogP contribution in [0.3, 0.4) is 0 Å². The summed E-state index contributed by atoms with van der Waals surface area (Å²) in [4.78, 5) is 24.2. The number of rotatable bonds is 6. The van der Waals surface area contributed by atoms with E-state index in [0.29, 0.717) is 48.8 Å². The van der Waals surface area contributed by atoms with Gasteiger partial charge in [0.15, 0.2) is 0 Å². The van der Waals surface area contributed by atoms with E-state index in [1.165, 1.54) is 22.5 Å². The fourth-order valence-electron chi connectivity index (χ4n) is 4.49. The molecule has 2 aromatic carbocycles. The van der Waals surface area contributed by atoms with Gasteiger partial charge >= 0.3 is 11.0 Å². The summed E-state index contributed by atoms with van der Waals surface area (Å²) in [5, 5.41) is 3.46. The summed E-state index contributed by atoms with van der Waals surface area (Å²) in [6.07, 6.45) is -3.41. The fourth-order valence-corrected chi connectivity index (χ4v) is 6.78. The van der Waals surface area contributed by atoms with E-state index in [1.807, 2.05) is 6.92 Å². The highest BCUT2D eigenvalue weighted by atomic mass is 32.2. The van der Waals surface area contributed by atoms with Crippen molar-refractivity contribution >= 4 is 48.3 Å². The van der Waals surface area contributed by atoms with Gasteiger partial charge in [0.05, 0.1) is 26.2 Å². The molecule has 0 aliphatic carbocycles. The molecular weight excluding hydrogens is 529 g/mol. The lowest BCUT2D eigenvalue weighted by Crippen LogP contribution is -2.50. The zero-order chi connectivity index (χ0) is 26.4. The standard InChI is InChI=1S/C23H23F3N6O3S2/c1-14(29-21-16-3-2-4-17(23(24,25)26)20(16)27-13-28-21)12-31-7-9-32(10-8-31)37(34,35)15-5-6-18-19(11-15)36-22(33)30-18/h2-6,11,13-14H,7-10,12H2,1H3,(H,30,33)(H,27,28,29)/t14-/m0/s1. The number of thiazole rings is 1. The number of anilines is 1. The maximum atomic E-state index is 13.4. The molecule has 0 spiro atoms. The van der Waals surface area contributed by atoms with Crippen LogP contribution in [0.1, 0.15) is 12.5 Å². The first kappa shape index (κ1) is 25.6. The number of benzene rings is 2. The van der Waals surface area contributed by atoms with Crippen LogP contribution in [0.2, 0.25) is 0 Å². The fraction of sp³-hybridized carbons (Fsp3) is 0.348. The second-order valence-electron chi connectivity index (χ2n) is 8.84. The molecule has 2 N–H and O–H groups in total. The van der Waals surface area contributed by atoms with Gasteiger partial charge in [-0.3, -0.25) is 9.69 Å². The number of nitrogens with zero attached hydrogens (tertiary/aromatic N) is 4. The molecule has 196 valence electrons. The van der Waals surface area contributed by atoms with Crippen LogP contribution in [-0.4, -0.2) is 71.3 Å². The molecule has 14 heteroatoms. The summed E-state index contributed by atoms with van der Waals surface area (Å²) in [6.45, 7) is 4.01. The third-order valence-corrected chi connectivity index (χ3v) is 8.99. The van der Waals surface area contributed by atoms with Gasteiger partial charge in [0, 0.05) is 44.2 Å². The number of alkyl halides is 3. The van der Waals surface area contributed by atoms with Crippen LogP contribution >= 0.6 is 11.3 Å². The maximum absolute atomic E-state index is 13.4. The number of para-hydroxylation sites is 1. The van der Waals surface area contributed by atoms with Crippen LogP contribution < -0.4 is 10.2 Å². The summed E-state index contributed by atoms with van der Waals surface area (Å²) in [7, 11) is -3.71. The lowest BCUT2D eigenvalue weighted by atomic mass is 10.1. The Labute approximate surface area is 214 Å². The molecule has 0 radical (unpaired) electrons. The lowest BCUT2D eigenvalue weighted by molar-refractivity contribution is -0.136. The third-order valence-electron chi connectivity index (χ3n) is 6.25. The number of H-pyrrole nitrogens is 1. The number of hydrogen-bond acceptors (Lipinski definition) is 8. The predicted octanol–water partition coefficient (Wildman–Crippen LogP) is 3.36. The molecule has 0 bridgehead atoms. The van der Waals surface area contributed by atoms with Crippen molar-refractivity contribution in [1.82, 2.24) is 24.2 Å². The van der Waals surface area contributed by atoms with Gasteiger partial charge in [0.1, 0.15) is 12.1 Å². The molecule has 3 heterocycles. The number of aromatic nitrogens is 3. The summed E-state index contributed by atoms with van der Waals surface area (Å²) >= 11 is 0.965. The highest BCUT2D eigenvalue weighted by molar-refractivity contribution is 7.89. The quantitative estimate of drug-likeness (QED) is 0.377. The van der Waals surface area contributed by atoms with Crippen LogP contribution in [0, 0.1) is 0 Å². The molecule has 9 nitrogen and oxygen atoms in total. The molecular formula is C23H23F3N6O3S2. The molecule has 1 saturated heterocycles. The molecule has 0 amide bonds. The van der Waals surface area contributed by atoms with E-state index in [0.717, 1.165) is 23.7 Å². The normalized spacial score (nSPS) is 16.9. The van der Waals surface area contributed by atoms with Crippen molar-refractivity contribution in [3.8, 4) is 0 Å². The van der Waals surface area contributed by atoms with Crippen molar-refractivity contribution in [2.45, 2.75) is 24.0 Å². The molecule has 1 fully saturated rings. The molecule has 1 atom stereocenters. The summed E-state index contributed by atoms with van der Waals surface area (Å²) in [5.41, 5.74) is -0.375. The second-order valence-corrected chi connectivity index (χ2v) is 11.8. The number of aromatic amines is 1. The highest BCUT2D eigenvalue weighted by Gasteiger charge is 2.34. The van der Waals surface area contributed by atoms with Crippen molar-refractivity contribution in [3.05, 3.63) is 58.0 Å². The zero-order valence-corrected chi connectivity index (χ0v) is 21.3. The Morgan fingerprint density at radius 3 is 2.62 bits per heavy atom. The molecule has 2 aromatic heterocycles. The molecule has 1 aliphatic rings. The smallest absolute Gasteiger partial charge is 0.366 e. The Bertz CT molecular complexity index is 1610. The SMILES string of the molecule is C[C@@H](CN1CCN(S(=O)(=O)c2ccc3[nH]c(=O)sc3c2)CC1)Nc1ncnc2c(C(F)(F)F)cccc12. The van der Waals surface area contributed by atoms with E-state index < -0.39 is 21.8 Å². The molecule has 0 unspecified atom stereocenters. The number of sulfonamides is 1. The molecule has 4 aromatic rings. The van der Waals surface area contributed by atoms with Gasteiger partial charge in [0.2, 0.25) is 10.0 Å². The van der Waals surface area contributed by atoms with Crippen LogP contribution in [0.15, 0.2) is 52.4 Å². The van der Waals surface area contributed by atoms with E-state index in [4.69, 9.17) is 0 Å². The highest BCUT2D eigenvalue weighted by Crippen LogP contribution is 2.35. The summed E-state index contributed by atoms with van der Waals surface area (Å²) in [6, 6.07) is 8.31. The summed E-state index contributed by atoms with van der Waals surface area (Å²) < 4.78 is 68.4. The van der Waals surface area contributed by atoms with Crippen molar-refractivity contribution in [2.75, 3.05) is 38.0 Å². The largest absolute Gasteiger partial charge is 0.418 e. The van der Waals surface area contributed by atoms with Gasteiger partial charge < -0.3 is 10.3 Å². The summed E-state index contributed by atoms with van der Waals surface area (Å²) in [5.74, 6) is 0.312. The van der Waals surface area contributed by atoms with Crippen molar-refractivity contribution in [1.29, 1.82) is 0 Å². The van der Waals surface area contributed by atoms with Crippen molar-refractivity contribution < 1.29 is 21.6 Å². The van der Waals surface area contributed by atoms with E-state index in [-0.39, 0.29) is 26.7 Å². The van der Waals surface area contributed by atoms with Crippen molar-refractivity contribution in [2.24, 2.45) is 0 Å². The van der Waals surface area contributed by atoms with Gasteiger partial charge in [-0.15, -0.1) is 0 Å². The van der Waals surface area contributed by atoms with E-state index in [1.54, 1.807) is 12.1 Å². The van der Waals surface area contributed by atoms with Gasteiger partial charge in [-0.2, -0.15) is 17.5 Å². The molecule has 0 saturated carbocycles. The minimum Gasteiger partial charge on any atom is -0.366 e. The van der Waals surface area contributed by atoms with Gasteiger partial charge in [-0.05, 0) is 37.3 Å². The van der Waals surface area contributed by atoms with Gasteiger partial charge in [-0.1, -0.05) is 17.4 Å². The Morgan fingerprint density at radius 2 is 1.89 bits per heavy atom. The van der Waals surface area contributed by atoms with E-state index in [2.05, 4.69) is 25.2 Å². The molecule has 37 heavy (non-hydrogen) atoms. The zero-order valence-electron chi connectivity index (χ0n) is 19.6. The number of fused-ring (bicyclic) bond motifs is 2. The second kappa shape index (κ2) is 9.67. The van der Waals surface area contributed by atoms with Gasteiger partial charge in [0.25, 0.3) is 0 Å². The minimum atomic E-state index is -4.52. The Kier molecular flexibility index (Phi) is 6.68. The Balaban J connectivity index is 1.23. The number of nitrogens with one attached hydrogen (secondary N) is 2. The number of hydrogen-bond donors (Lipinski definition) is 2. The molecule has 1 aliphatic heterocycles. The topological polar surface area (TPSA) is 111 Å².